The van der Waals surface area contributed by atoms with Crippen LogP contribution in [0.15, 0.2) is 18.2 Å². The van der Waals surface area contributed by atoms with Crippen molar-refractivity contribution in [1.82, 2.24) is 5.32 Å². The SMILES string of the molecule is CC(NCCOc1c(Cl)cccc1Cl)C(=O)O. The fourth-order valence-electron chi connectivity index (χ4n) is 1.14. The lowest BCUT2D eigenvalue weighted by Crippen LogP contribution is -2.36. The molecule has 0 heterocycles. The standard InChI is InChI=1S/C11H13Cl2NO3/c1-7(11(15)16)14-5-6-17-10-8(12)3-2-4-9(10)13/h2-4,7,14H,5-6H2,1H3,(H,15,16). The molecule has 1 atom stereocenters. The van der Waals surface area contributed by atoms with Crippen LogP contribution in [0, 0.1) is 0 Å². The van der Waals surface area contributed by atoms with Gasteiger partial charge >= 0.3 is 5.97 Å². The Labute approximate surface area is 109 Å². The second kappa shape index (κ2) is 6.69. The molecule has 6 heteroatoms. The minimum absolute atomic E-state index is 0.293. The van der Waals surface area contributed by atoms with Gasteiger partial charge in [-0.05, 0) is 19.1 Å². The van der Waals surface area contributed by atoms with E-state index in [1.165, 1.54) is 0 Å². The molecule has 0 fully saturated rings. The van der Waals surface area contributed by atoms with Gasteiger partial charge in [0.2, 0.25) is 0 Å². The number of carbonyl (C=O) groups is 1. The molecule has 0 spiro atoms. The molecule has 1 unspecified atom stereocenters. The number of nitrogens with one attached hydrogen (secondary N) is 1. The first-order valence-corrected chi connectivity index (χ1v) is 5.81. The molecular formula is C11H13Cl2NO3. The third-order valence-corrected chi connectivity index (χ3v) is 2.68. The minimum Gasteiger partial charge on any atom is -0.489 e. The summed E-state index contributed by atoms with van der Waals surface area (Å²) >= 11 is 11.8. The van der Waals surface area contributed by atoms with Crippen LogP contribution in [0.4, 0.5) is 0 Å². The van der Waals surface area contributed by atoms with Gasteiger partial charge < -0.3 is 15.2 Å². The van der Waals surface area contributed by atoms with Crippen LogP contribution in [0.5, 0.6) is 5.75 Å². The van der Waals surface area contributed by atoms with Crippen molar-refractivity contribution in [2.75, 3.05) is 13.2 Å². The van der Waals surface area contributed by atoms with E-state index in [-0.39, 0.29) is 0 Å². The van der Waals surface area contributed by atoms with E-state index in [1.54, 1.807) is 25.1 Å². The molecule has 4 nitrogen and oxygen atoms in total. The van der Waals surface area contributed by atoms with E-state index in [1.807, 2.05) is 0 Å². The van der Waals surface area contributed by atoms with Gasteiger partial charge in [-0.2, -0.15) is 0 Å². The first kappa shape index (κ1) is 14.1. The molecule has 1 aromatic carbocycles. The van der Waals surface area contributed by atoms with E-state index >= 15 is 0 Å². The van der Waals surface area contributed by atoms with Gasteiger partial charge in [0.05, 0.1) is 10.0 Å². The van der Waals surface area contributed by atoms with Crippen molar-refractivity contribution in [3.05, 3.63) is 28.2 Å². The van der Waals surface area contributed by atoms with Gasteiger partial charge in [0.1, 0.15) is 12.6 Å². The molecule has 94 valence electrons. The summed E-state index contributed by atoms with van der Waals surface area (Å²) in [5.41, 5.74) is 0. The predicted octanol–water partition coefficient (Wildman–Crippen LogP) is 2.43. The van der Waals surface area contributed by atoms with E-state index in [4.69, 9.17) is 33.0 Å². The highest BCUT2D eigenvalue weighted by molar-refractivity contribution is 6.37. The summed E-state index contributed by atoms with van der Waals surface area (Å²) in [4.78, 5) is 10.5. The molecule has 0 aromatic heterocycles. The third kappa shape index (κ3) is 4.42. The lowest BCUT2D eigenvalue weighted by atomic mass is 10.3. The zero-order chi connectivity index (χ0) is 12.8. The van der Waals surface area contributed by atoms with Crippen LogP contribution >= 0.6 is 23.2 Å². The highest BCUT2D eigenvalue weighted by atomic mass is 35.5. The summed E-state index contributed by atoms with van der Waals surface area (Å²) in [6, 6.07) is 4.47. The summed E-state index contributed by atoms with van der Waals surface area (Å²) in [5.74, 6) is -0.485. The van der Waals surface area contributed by atoms with Crippen molar-refractivity contribution >= 4 is 29.2 Å². The number of aliphatic carboxylic acids is 1. The van der Waals surface area contributed by atoms with Gasteiger partial charge in [-0.3, -0.25) is 4.79 Å². The van der Waals surface area contributed by atoms with E-state index in [2.05, 4.69) is 5.32 Å². The molecular weight excluding hydrogens is 265 g/mol. The van der Waals surface area contributed by atoms with Gasteiger partial charge in [-0.1, -0.05) is 29.3 Å². The van der Waals surface area contributed by atoms with E-state index in [0.29, 0.717) is 28.9 Å². The number of hydrogen-bond donors (Lipinski definition) is 2. The molecule has 0 saturated heterocycles. The van der Waals surface area contributed by atoms with Crippen molar-refractivity contribution in [1.29, 1.82) is 0 Å². The Morgan fingerprint density at radius 3 is 2.59 bits per heavy atom. The van der Waals surface area contributed by atoms with Crippen molar-refractivity contribution in [3.63, 3.8) is 0 Å². The topological polar surface area (TPSA) is 58.6 Å². The maximum Gasteiger partial charge on any atom is 0.320 e. The summed E-state index contributed by atoms with van der Waals surface area (Å²) in [7, 11) is 0. The Bertz CT molecular complexity index is 378. The maximum atomic E-state index is 10.5. The highest BCUT2D eigenvalue weighted by Crippen LogP contribution is 2.32. The van der Waals surface area contributed by atoms with E-state index < -0.39 is 12.0 Å². The molecule has 0 radical (unpaired) electrons. The van der Waals surface area contributed by atoms with Gasteiger partial charge in [0.15, 0.2) is 5.75 Å². The zero-order valence-electron chi connectivity index (χ0n) is 9.24. The average Bonchev–Trinajstić information content (AvgIpc) is 2.27. The quantitative estimate of drug-likeness (QED) is 0.785. The number of rotatable bonds is 6. The van der Waals surface area contributed by atoms with Gasteiger partial charge in [0, 0.05) is 6.54 Å². The number of para-hydroxylation sites is 1. The van der Waals surface area contributed by atoms with E-state index in [0.717, 1.165) is 0 Å². The van der Waals surface area contributed by atoms with Crippen molar-refractivity contribution in [2.45, 2.75) is 13.0 Å². The Morgan fingerprint density at radius 1 is 1.47 bits per heavy atom. The van der Waals surface area contributed by atoms with Crippen LogP contribution in [0.2, 0.25) is 10.0 Å². The summed E-state index contributed by atoms with van der Waals surface area (Å²) in [5, 5.41) is 12.3. The van der Waals surface area contributed by atoms with Gasteiger partial charge in [-0.15, -0.1) is 0 Å². The molecule has 1 aromatic rings. The first-order valence-electron chi connectivity index (χ1n) is 5.05. The fourth-order valence-corrected chi connectivity index (χ4v) is 1.64. The number of ether oxygens (including phenoxy) is 1. The first-order chi connectivity index (χ1) is 8.02. The molecule has 0 aliphatic carbocycles. The highest BCUT2D eigenvalue weighted by Gasteiger charge is 2.10. The number of carboxylic acid groups (broad SMARTS) is 1. The molecule has 17 heavy (non-hydrogen) atoms. The second-order valence-corrected chi connectivity index (χ2v) is 4.23. The van der Waals surface area contributed by atoms with Crippen LogP contribution in [0.1, 0.15) is 6.92 Å². The summed E-state index contributed by atoms with van der Waals surface area (Å²) in [6.07, 6.45) is 0. The predicted molar refractivity (Wildman–Crippen MR) is 67.1 cm³/mol. The minimum atomic E-state index is -0.902. The van der Waals surface area contributed by atoms with Crippen LogP contribution in [0.25, 0.3) is 0 Å². The second-order valence-electron chi connectivity index (χ2n) is 3.41. The van der Waals surface area contributed by atoms with Gasteiger partial charge in [0.25, 0.3) is 0 Å². The summed E-state index contributed by atoms with van der Waals surface area (Å²) < 4.78 is 5.38. The smallest absolute Gasteiger partial charge is 0.320 e. The number of benzene rings is 1. The summed E-state index contributed by atoms with van der Waals surface area (Å²) in [6.45, 7) is 2.25. The molecule has 0 amide bonds. The van der Waals surface area contributed by atoms with Gasteiger partial charge in [-0.25, -0.2) is 0 Å². The molecule has 1 rings (SSSR count). The van der Waals surface area contributed by atoms with Crippen LogP contribution in [-0.4, -0.2) is 30.3 Å². The number of carboxylic acids is 1. The average molecular weight is 278 g/mol. The van der Waals surface area contributed by atoms with Crippen molar-refractivity contribution in [3.8, 4) is 5.75 Å². The van der Waals surface area contributed by atoms with Crippen LogP contribution in [-0.2, 0) is 4.79 Å². The Hall–Kier alpha value is -0.970. The Morgan fingerprint density at radius 2 is 2.06 bits per heavy atom. The third-order valence-electron chi connectivity index (χ3n) is 2.09. The molecule has 0 bridgehead atoms. The van der Waals surface area contributed by atoms with E-state index in [9.17, 15) is 4.79 Å². The Kier molecular flexibility index (Phi) is 5.55. The number of hydrogen-bond acceptors (Lipinski definition) is 3. The lowest BCUT2D eigenvalue weighted by Gasteiger charge is -2.12. The van der Waals surface area contributed by atoms with Crippen molar-refractivity contribution in [2.24, 2.45) is 0 Å². The fraction of sp³-hybridized carbons (Fsp3) is 0.364. The zero-order valence-corrected chi connectivity index (χ0v) is 10.8. The lowest BCUT2D eigenvalue weighted by molar-refractivity contribution is -0.139. The largest absolute Gasteiger partial charge is 0.489 e. The van der Waals surface area contributed by atoms with Crippen LogP contribution < -0.4 is 10.1 Å². The number of halogens is 2. The molecule has 2 N–H and O–H groups in total. The Balaban J connectivity index is 2.39. The maximum absolute atomic E-state index is 10.5. The van der Waals surface area contributed by atoms with Crippen molar-refractivity contribution < 1.29 is 14.6 Å². The monoisotopic (exact) mass is 277 g/mol. The normalized spacial score (nSPS) is 12.2. The molecule has 0 aliphatic rings. The molecule has 0 saturated carbocycles. The van der Waals surface area contributed by atoms with Crippen LogP contribution in [0.3, 0.4) is 0 Å². The molecule has 0 aliphatic heterocycles.